The van der Waals surface area contributed by atoms with Crippen molar-refractivity contribution >= 4 is 21.1 Å². The highest BCUT2D eigenvalue weighted by Gasteiger charge is 2.29. The van der Waals surface area contributed by atoms with Crippen molar-refractivity contribution in [1.82, 2.24) is 29.0 Å². The lowest BCUT2D eigenvalue weighted by atomic mass is 10.1. The summed E-state index contributed by atoms with van der Waals surface area (Å²) in [6, 6.07) is 14.5. The molecule has 1 saturated heterocycles. The third-order valence-electron chi connectivity index (χ3n) is 7.13. The Balaban J connectivity index is 1.55. The van der Waals surface area contributed by atoms with Crippen molar-refractivity contribution in [1.29, 1.82) is 0 Å². The number of nitrogens with zero attached hydrogens (tertiary/aromatic N) is 5. The maximum absolute atomic E-state index is 13.6. The third-order valence-corrected chi connectivity index (χ3v) is 9.02. The molecule has 0 saturated carbocycles. The van der Waals surface area contributed by atoms with Crippen LogP contribution in [0.15, 0.2) is 58.2 Å². The number of fused-ring (bicyclic) bond motifs is 1. The Bertz CT molecular complexity index is 1690. The molecule has 0 amide bonds. The van der Waals surface area contributed by atoms with E-state index in [2.05, 4.69) is 15.0 Å². The van der Waals surface area contributed by atoms with Crippen LogP contribution in [0.3, 0.4) is 0 Å². The first-order valence-electron chi connectivity index (χ1n) is 14.3. The van der Waals surface area contributed by atoms with Crippen molar-refractivity contribution < 1.29 is 17.9 Å². The monoisotopic (exact) mass is 594 g/mol. The number of ether oxygens (including phenoxy) is 2. The summed E-state index contributed by atoms with van der Waals surface area (Å²) in [4.78, 5) is 23.5. The Hall–Kier alpha value is -3.58. The van der Waals surface area contributed by atoms with Crippen LogP contribution in [-0.4, -0.2) is 76.7 Å². The van der Waals surface area contributed by atoms with Gasteiger partial charge in [-0.2, -0.15) is 9.40 Å². The highest BCUT2D eigenvalue weighted by Crippen LogP contribution is 2.33. The minimum Gasteiger partial charge on any atom is -0.490 e. The van der Waals surface area contributed by atoms with Gasteiger partial charge in [0.2, 0.25) is 10.0 Å². The fourth-order valence-corrected chi connectivity index (χ4v) is 6.43. The first-order chi connectivity index (χ1) is 20.2. The van der Waals surface area contributed by atoms with Gasteiger partial charge >= 0.3 is 0 Å². The van der Waals surface area contributed by atoms with Gasteiger partial charge in [-0.15, -0.1) is 0 Å². The average molecular weight is 595 g/mol. The summed E-state index contributed by atoms with van der Waals surface area (Å²) in [7, 11) is -1.79. The molecule has 5 rings (SSSR count). The van der Waals surface area contributed by atoms with Crippen molar-refractivity contribution in [2.24, 2.45) is 0 Å². The highest BCUT2D eigenvalue weighted by atomic mass is 32.2. The van der Waals surface area contributed by atoms with E-state index in [-0.39, 0.29) is 29.0 Å². The number of aromatic nitrogens is 4. The van der Waals surface area contributed by atoms with Crippen LogP contribution >= 0.6 is 0 Å². The average Bonchev–Trinajstić information content (AvgIpc) is 3.31. The van der Waals surface area contributed by atoms with Gasteiger partial charge < -0.3 is 19.4 Å². The van der Waals surface area contributed by atoms with E-state index in [0.29, 0.717) is 67.4 Å². The Kier molecular flexibility index (Phi) is 9.07. The fourth-order valence-electron chi connectivity index (χ4n) is 4.98. The molecule has 1 aliphatic rings. The Morgan fingerprint density at radius 3 is 2.45 bits per heavy atom. The summed E-state index contributed by atoms with van der Waals surface area (Å²) in [5, 5.41) is 5.03. The largest absolute Gasteiger partial charge is 0.490 e. The van der Waals surface area contributed by atoms with Crippen LogP contribution < -0.4 is 10.3 Å². The second kappa shape index (κ2) is 12.7. The number of benzene rings is 2. The maximum Gasteiger partial charge on any atom is 0.262 e. The first kappa shape index (κ1) is 29.9. The minimum atomic E-state index is -3.76. The molecule has 1 fully saturated rings. The normalized spacial score (nSPS) is 15.1. The number of aryl methyl sites for hydroxylation is 1. The van der Waals surface area contributed by atoms with E-state index in [9.17, 15) is 13.2 Å². The Morgan fingerprint density at radius 1 is 1.02 bits per heavy atom. The number of rotatable bonds is 11. The summed E-state index contributed by atoms with van der Waals surface area (Å²) in [6.45, 7) is 9.01. The second-order valence-electron chi connectivity index (χ2n) is 10.8. The molecule has 1 N–H and O–H groups in total. The maximum atomic E-state index is 13.6. The third kappa shape index (κ3) is 6.41. The number of H-pyrrole nitrogens is 1. The first-order valence-corrected chi connectivity index (χ1v) is 15.7. The zero-order valence-electron chi connectivity index (χ0n) is 24.5. The molecule has 12 heteroatoms. The van der Waals surface area contributed by atoms with Gasteiger partial charge in [-0.1, -0.05) is 37.3 Å². The number of hydrogen-bond donors (Lipinski definition) is 1. The zero-order chi connectivity index (χ0) is 29.9. The van der Waals surface area contributed by atoms with Crippen LogP contribution in [0.1, 0.15) is 38.4 Å². The van der Waals surface area contributed by atoms with Gasteiger partial charge in [-0.05, 0) is 51.1 Å². The molecule has 2 aromatic carbocycles. The Labute approximate surface area is 246 Å². The molecule has 42 heavy (non-hydrogen) atoms. The van der Waals surface area contributed by atoms with E-state index in [1.54, 1.807) is 22.9 Å². The van der Waals surface area contributed by atoms with Gasteiger partial charge in [0.15, 0.2) is 5.65 Å². The summed E-state index contributed by atoms with van der Waals surface area (Å²) >= 11 is 0. The number of nitrogens with one attached hydrogen (secondary N) is 1. The van der Waals surface area contributed by atoms with E-state index in [4.69, 9.17) is 14.5 Å². The lowest BCUT2D eigenvalue weighted by molar-refractivity contribution is 0.105. The van der Waals surface area contributed by atoms with E-state index in [1.165, 1.54) is 4.31 Å². The van der Waals surface area contributed by atoms with Crippen LogP contribution in [0.25, 0.3) is 22.4 Å². The van der Waals surface area contributed by atoms with Gasteiger partial charge in [0.05, 0.1) is 29.8 Å². The molecule has 0 aliphatic carbocycles. The lowest BCUT2D eigenvalue weighted by Gasteiger charge is -2.31. The second-order valence-corrected chi connectivity index (χ2v) is 12.7. The van der Waals surface area contributed by atoms with Gasteiger partial charge in [0, 0.05) is 32.7 Å². The zero-order valence-corrected chi connectivity index (χ0v) is 25.4. The van der Waals surface area contributed by atoms with Crippen LogP contribution in [-0.2, 0) is 34.5 Å². The van der Waals surface area contributed by atoms with Crippen molar-refractivity contribution in [3.63, 3.8) is 0 Å². The van der Waals surface area contributed by atoms with Gasteiger partial charge in [0.25, 0.3) is 5.56 Å². The molecule has 0 radical (unpaired) electrons. The number of likely N-dealkylation sites (N-methyl/N-ethyl adjacent to an activating group) is 1. The summed E-state index contributed by atoms with van der Waals surface area (Å²) < 4.78 is 42.3. The number of hydrogen-bond acceptors (Lipinski definition) is 8. The fraction of sp³-hybridized carbons (Fsp3) is 0.433. The van der Waals surface area contributed by atoms with E-state index in [1.807, 2.05) is 58.2 Å². The van der Waals surface area contributed by atoms with Crippen molar-refractivity contribution in [3.8, 4) is 17.1 Å². The van der Waals surface area contributed by atoms with Crippen molar-refractivity contribution in [2.45, 2.75) is 58.0 Å². The van der Waals surface area contributed by atoms with Crippen molar-refractivity contribution in [3.05, 3.63) is 70.1 Å². The van der Waals surface area contributed by atoms with Crippen molar-refractivity contribution in [2.75, 3.05) is 33.2 Å². The molecule has 0 unspecified atom stereocenters. The van der Waals surface area contributed by atoms with Gasteiger partial charge in [-0.25, -0.2) is 18.1 Å². The van der Waals surface area contributed by atoms with E-state index < -0.39 is 10.0 Å². The highest BCUT2D eigenvalue weighted by molar-refractivity contribution is 7.89. The standard InChI is InChI=1S/C30H38N6O5S/c1-5-13-36-29-27(25(33-36)20-40-19-22-9-7-6-8-10-22)30(37)32-28(31-29)24-18-23(11-12-26(24)41-21(2)3)42(38,39)35-16-14-34(4)15-17-35/h6-12,18,21H,5,13-17,19-20H2,1-4H3,(H,31,32,37). The minimum absolute atomic E-state index is 0.123. The Morgan fingerprint density at radius 2 is 1.76 bits per heavy atom. The van der Waals surface area contributed by atoms with Gasteiger partial charge in [-0.3, -0.25) is 4.79 Å². The number of sulfonamides is 1. The molecule has 224 valence electrons. The molecular formula is C30H38N6O5S. The molecule has 0 spiro atoms. The predicted octanol–water partition coefficient (Wildman–Crippen LogP) is 3.64. The number of piperazine rings is 1. The topological polar surface area (TPSA) is 123 Å². The molecular weight excluding hydrogens is 556 g/mol. The molecule has 3 heterocycles. The quantitative estimate of drug-likeness (QED) is 0.279. The SMILES string of the molecule is CCCn1nc(COCc2ccccc2)c2c(=O)[nH]c(-c3cc(S(=O)(=O)N4CCN(C)CC4)ccc3OC(C)C)nc21. The molecule has 0 bridgehead atoms. The predicted molar refractivity (Wildman–Crippen MR) is 161 cm³/mol. The molecule has 11 nitrogen and oxygen atoms in total. The van der Waals surface area contributed by atoms with E-state index in [0.717, 1.165) is 12.0 Å². The molecule has 1 aliphatic heterocycles. The van der Waals surface area contributed by atoms with Gasteiger partial charge in [0.1, 0.15) is 22.7 Å². The van der Waals surface area contributed by atoms with E-state index >= 15 is 0 Å². The lowest BCUT2D eigenvalue weighted by Crippen LogP contribution is -2.47. The van der Waals surface area contributed by atoms with Crippen LogP contribution in [0.2, 0.25) is 0 Å². The van der Waals surface area contributed by atoms with Crippen LogP contribution in [0.4, 0.5) is 0 Å². The van der Waals surface area contributed by atoms with Crippen LogP contribution in [0, 0.1) is 0 Å². The number of aromatic amines is 1. The smallest absolute Gasteiger partial charge is 0.262 e. The molecule has 0 atom stereocenters. The summed E-state index contributed by atoms with van der Waals surface area (Å²) in [5.74, 6) is 0.644. The molecule has 2 aromatic heterocycles. The molecule has 4 aromatic rings. The van der Waals surface area contributed by atoms with Crippen LogP contribution in [0.5, 0.6) is 5.75 Å². The summed E-state index contributed by atoms with van der Waals surface area (Å²) in [6.07, 6.45) is 0.601. The summed E-state index contributed by atoms with van der Waals surface area (Å²) in [5.41, 5.74) is 1.95.